The second kappa shape index (κ2) is 13.7. The molecule has 1 fully saturated rings. The van der Waals surface area contributed by atoms with Crippen molar-refractivity contribution in [2.75, 3.05) is 13.1 Å². The van der Waals surface area contributed by atoms with E-state index in [1.807, 2.05) is 48.5 Å². The molecule has 5 rings (SSSR count). The van der Waals surface area contributed by atoms with E-state index in [2.05, 4.69) is 15.6 Å². The normalized spacial score (nSPS) is 18.9. The topological polar surface area (TPSA) is 180 Å². The van der Waals surface area contributed by atoms with Gasteiger partial charge in [-0.1, -0.05) is 60.7 Å². The number of primary amides is 1. The first-order chi connectivity index (χ1) is 21.7. The van der Waals surface area contributed by atoms with Gasteiger partial charge in [0.25, 0.3) is 0 Å². The van der Waals surface area contributed by atoms with Crippen LogP contribution in [0.25, 0.3) is 0 Å². The molecule has 2 heterocycles. The van der Waals surface area contributed by atoms with Crippen molar-refractivity contribution < 1.29 is 24.3 Å². The Balaban J connectivity index is 1.45. The molecule has 234 valence electrons. The van der Waals surface area contributed by atoms with Crippen molar-refractivity contribution in [2.45, 2.75) is 55.6 Å². The zero-order valence-electron chi connectivity index (χ0n) is 24.9. The molecule has 0 unspecified atom stereocenters. The molecule has 0 aromatic heterocycles. The van der Waals surface area contributed by atoms with Gasteiger partial charge in [0.15, 0.2) is 0 Å². The molecule has 3 aromatic carbocycles. The number of nitrogens with one attached hydrogen (secondary N) is 2. The van der Waals surface area contributed by atoms with Crippen molar-refractivity contribution in [3.63, 3.8) is 0 Å². The molecule has 2 aliphatic rings. The molecule has 0 bridgehead atoms. The van der Waals surface area contributed by atoms with Gasteiger partial charge >= 0.3 is 0 Å². The largest absolute Gasteiger partial charge is 0.508 e. The predicted octanol–water partition coefficient (Wildman–Crippen LogP) is 1.63. The number of phenols is 1. The van der Waals surface area contributed by atoms with E-state index in [9.17, 15) is 24.3 Å². The zero-order chi connectivity index (χ0) is 32.0. The first-order valence-corrected chi connectivity index (χ1v) is 15.1. The van der Waals surface area contributed by atoms with Crippen LogP contribution in [-0.4, -0.2) is 71.1 Å². The molecular formula is C34H38N6O5. The third-order valence-electron chi connectivity index (χ3n) is 8.41. The molecule has 11 nitrogen and oxygen atoms in total. The van der Waals surface area contributed by atoms with Crippen molar-refractivity contribution in [3.8, 4) is 5.75 Å². The highest BCUT2D eigenvalue weighted by molar-refractivity contribution is 6.10. The van der Waals surface area contributed by atoms with Crippen LogP contribution in [0.3, 0.4) is 0 Å². The van der Waals surface area contributed by atoms with Crippen LogP contribution in [0.2, 0.25) is 0 Å². The van der Waals surface area contributed by atoms with Gasteiger partial charge in [0.2, 0.25) is 23.6 Å². The Kier molecular flexibility index (Phi) is 9.58. The number of benzene rings is 3. The molecule has 7 N–H and O–H groups in total. The Hall–Kier alpha value is -5.03. The summed E-state index contributed by atoms with van der Waals surface area (Å²) in [7, 11) is 0. The molecule has 3 aromatic rings. The number of likely N-dealkylation sites (tertiary alicyclic amines) is 1. The number of amides is 4. The number of aromatic hydroxyl groups is 1. The summed E-state index contributed by atoms with van der Waals surface area (Å²) in [6.07, 6.45) is 3.44. The molecule has 4 atom stereocenters. The fourth-order valence-corrected chi connectivity index (χ4v) is 5.97. The van der Waals surface area contributed by atoms with Crippen molar-refractivity contribution in [2.24, 2.45) is 16.5 Å². The number of fused-ring (bicyclic) bond motifs is 1. The summed E-state index contributed by atoms with van der Waals surface area (Å²) in [6, 6.07) is 19.3. The Labute approximate surface area is 261 Å². The molecule has 0 radical (unpaired) electrons. The van der Waals surface area contributed by atoms with Gasteiger partial charge in [-0.2, -0.15) is 0 Å². The molecule has 11 heteroatoms. The minimum atomic E-state index is -1.33. The second-order valence-electron chi connectivity index (χ2n) is 11.6. The van der Waals surface area contributed by atoms with Crippen molar-refractivity contribution in [3.05, 3.63) is 95.6 Å². The van der Waals surface area contributed by atoms with E-state index in [4.69, 9.17) is 11.5 Å². The minimum absolute atomic E-state index is 0.0829. The Morgan fingerprint density at radius 1 is 0.822 bits per heavy atom. The van der Waals surface area contributed by atoms with Gasteiger partial charge in [-0.05, 0) is 54.2 Å². The summed E-state index contributed by atoms with van der Waals surface area (Å²) in [4.78, 5) is 60.5. The highest BCUT2D eigenvalue weighted by Crippen LogP contribution is 2.42. The summed E-state index contributed by atoms with van der Waals surface area (Å²) in [6.45, 7) is 1.16. The molecule has 2 aliphatic heterocycles. The van der Waals surface area contributed by atoms with Crippen molar-refractivity contribution in [1.82, 2.24) is 15.5 Å². The van der Waals surface area contributed by atoms with E-state index in [0.29, 0.717) is 29.9 Å². The zero-order valence-corrected chi connectivity index (χ0v) is 24.9. The summed E-state index contributed by atoms with van der Waals surface area (Å²) in [5.74, 6) is -2.15. The van der Waals surface area contributed by atoms with Gasteiger partial charge in [0, 0.05) is 32.1 Å². The highest BCUT2D eigenvalue weighted by Gasteiger charge is 2.49. The third kappa shape index (κ3) is 7.21. The van der Waals surface area contributed by atoms with Crippen LogP contribution in [0.15, 0.2) is 83.9 Å². The first-order valence-electron chi connectivity index (χ1n) is 15.1. The molecule has 0 saturated carbocycles. The van der Waals surface area contributed by atoms with E-state index in [-0.39, 0.29) is 30.9 Å². The lowest BCUT2D eigenvalue weighted by molar-refractivity contribution is -0.136. The number of hydrogen-bond acceptors (Lipinski definition) is 7. The van der Waals surface area contributed by atoms with Gasteiger partial charge in [0.1, 0.15) is 23.2 Å². The number of rotatable bonds is 12. The second-order valence-corrected chi connectivity index (χ2v) is 11.6. The molecule has 45 heavy (non-hydrogen) atoms. The number of phenolic OH excluding ortho intramolecular Hbond substituents is 1. The highest BCUT2D eigenvalue weighted by atomic mass is 16.3. The summed E-state index contributed by atoms with van der Waals surface area (Å²) in [5.41, 5.74) is 13.4. The van der Waals surface area contributed by atoms with Gasteiger partial charge in [-0.3, -0.25) is 24.2 Å². The lowest BCUT2D eigenvalue weighted by Crippen LogP contribution is -2.59. The number of carbonyl (C=O) groups excluding carboxylic acids is 4. The predicted molar refractivity (Wildman–Crippen MR) is 170 cm³/mol. The standard InChI is InChI=1S/C34H38N6O5/c35-26(18-23-12-14-24(41)15-13-23)31(43)39-29(32(44)38-28(30(36)42)19-22-8-2-1-3-9-22)20-34(33(45)40-16-6-7-17-40)21-37-27-11-5-4-10-25(27)34/h1-5,8-15,21,26,28-29,41H,6-7,16-20,35H2,(H2,36,42)(H,38,44)(H,39,43)/t26-,28-,29-,34+/m0/s1. The average Bonchev–Trinajstić information content (AvgIpc) is 3.71. The maximum absolute atomic E-state index is 14.2. The molecule has 0 spiro atoms. The fraction of sp³-hybridized carbons (Fsp3) is 0.324. The number of hydrogen-bond donors (Lipinski definition) is 5. The van der Waals surface area contributed by atoms with Gasteiger partial charge in [-0.25, -0.2) is 0 Å². The lowest BCUT2D eigenvalue weighted by Gasteiger charge is -2.34. The van der Waals surface area contributed by atoms with E-state index in [1.54, 1.807) is 29.3 Å². The van der Waals surface area contributed by atoms with E-state index in [1.165, 1.54) is 12.1 Å². The maximum Gasteiger partial charge on any atom is 0.243 e. The SMILES string of the molecule is NC(=O)[C@H](Cc1ccccc1)NC(=O)[C@H](C[C@@]1(C(=O)N2CCCC2)C=Nc2ccccc21)NC(=O)[C@@H](N)Cc1ccc(O)cc1. The molecular weight excluding hydrogens is 572 g/mol. The van der Waals surface area contributed by atoms with Crippen LogP contribution in [-0.2, 0) is 37.4 Å². The van der Waals surface area contributed by atoms with Crippen LogP contribution in [0.1, 0.15) is 36.0 Å². The van der Waals surface area contributed by atoms with E-state index >= 15 is 0 Å². The van der Waals surface area contributed by atoms with E-state index < -0.39 is 41.3 Å². The van der Waals surface area contributed by atoms with Crippen LogP contribution in [0.4, 0.5) is 5.69 Å². The Morgan fingerprint density at radius 3 is 2.13 bits per heavy atom. The minimum Gasteiger partial charge on any atom is -0.508 e. The average molecular weight is 611 g/mol. The number of nitrogens with zero attached hydrogens (tertiary/aromatic N) is 2. The third-order valence-corrected chi connectivity index (χ3v) is 8.41. The van der Waals surface area contributed by atoms with Gasteiger partial charge in [-0.15, -0.1) is 0 Å². The van der Waals surface area contributed by atoms with Crippen LogP contribution in [0, 0.1) is 0 Å². The number of nitrogens with two attached hydrogens (primary N) is 2. The smallest absolute Gasteiger partial charge is 0.243 e. The van der Waals surface area contributed by atoms with Crippen LogP contribution >= 0.6 is 0 Å². The Bertz CT molecular complexity index is 1570. The number of aliphatic imine (C=N–C) groups is 1. The Morgan fingerprint density at radius 2 is 1.44 bits per heavy atom. The lowest BCUT2D eigenvalue weighted by atomic mass is 9.75. The van der Waals surface area contributed by atoms with Crippen LogP contribution < -0.4 is 22.1 Å². The van der Waals surface area contributed by atoms with Crippen molar-refractivity contribution >= 4 is 35.5 Å². The quantitative estimate of drug-likeness (QED) is 0.208. The summed E-state index contributed by atoms with van der Waals surface area (Å²) in [5, 5.41) is 15.1. The van der Waals surface area contributed by atoms with Crippen molar-refractivity contribution in [1.29, 1.82) is 0 Å². The van der Waals surface area contributed by atoms with Gasteiger partial charge < -0.3 is 32.1 Å². The monoisotopic (exact) mass is 610 g/mol. The first kappa shape index (κ1) is 31.4. The molecule has 0 aliphatic carbocycles. The maximum atomic E-state index is 14.2. The fourth-order valence-electron chi connectivity index (χ4n) is 5.97. The van der Waals surface area contributed by atoms with E-state index in [0.717, 1.165) is 18.4 Å². The summed E-state index contributed by atoms with van der Waals surface area (Å²) < 4.78 is 0. The van der Waals surface area contributed by atoms with Crippen LogP contribution in [0.5, 0.6) is 5.75 Å². The number of carbonyl (C=O) groups is 4. The summed E-state index contributed by atoms with van der Waals surface area (Å²) >= 11 is 0. The van der Waals surface area contributed by atoms with Gasteiger partial charge in [0.05, 0.1) is 11.7 Å². The molecule has 4 amide bonds. The molecule has 1 saturated heterocycles. The number of para-hydroxylation sites is 1.